The zero-order valence-electron chi connectivity index (χ0n) is 12.1. The molecule has 0 unspecified atom stereocenters. The molecule has 1 aromatic carbocycles. The van der Waals surface area contributed by atoms with Gasteiger partial charge in [-0.25, -0.2) is 0 Å². The van der Waals surface area contributed by atoms with E-state index < -0.39 is 0 Å². The summed E-state index contributed by atoms with van der Waals surface area (Å²) in [4.78, 5) is 4.63. The second kappa shape index (κ2) is 7.17. The standard InChI is InChI=1S/C16H25N3/c1-3-13-5-7-14(8-6-13)11-12-18-16(17-4-2)19-15-9-10-15/h5-8,15H,3-4,9-12H2,1-2H3,(H2,17,18,19). The molecule has 0 aromatic heterocycles. The SMILES string of the molecule is CCNC(=NCCc1ccc(CC)cc1)NC1CC1. The highest BCUT2D eigenvalue weighted by Crippen LogP contribution is 2.18. The lowest BCUT2D eigenvalue weighted by molar-refractivity contribution is 0.808. The lowest BCUT2D eigenvalue weighted by Gasteiger charge is -2.10. The number of nitrogens with zero attached hydrogens (tertiary/aromatic N) is 1. The van der Waals surface area contributed by atoms with Gasteiger partial charge >= 0.3 is 0 Å². The minimum atomic E-state index is 0.654. The summed E-state index contributed by atoms with van der Waals surface area (Å²) in [6, 6.07) is 9.52. The molecule has 1 aliphatic rings. The third-order valence-electron chi connectivity index (χ3n) is 3.36. The van der Waals surface area contributed by atoms with E-state index in [-0.39, 0.29) is 0 Å². The molecule has 3 nitrogen and oxygen atoms in total. The van der Waals surface area contributed by atoms with Gasteiger partial charge in [0.2, 0.25) is 0 Å². The van der Waals surface area contributed by atoms with Crippen LogP contribution in [0.25, 0.3) is 0 Å². The van der Waals surface area contributed by atoms with Crippen LogP contribution in [0.2, 0.25) is 0 Å². The van der Waals surface area contributed by atoms with Crippen LogP contribution in [0.15, 0.2) is 29.3 Å². The van der Waals surface area contributed by atoms with Crippen LogP contribution >= 0.6 is 0 Å². The molecular formula is C16H25N3. The van der Waals surface area contributed by atoms with Crippen LogP contribution in [0.1, 0.15) is 37.8 Å². The fraction of sp³-hybridized carbons (Fsp3) is 0.562. The number of aryl methyl sites for hydroxylation is 1. The summed E-state index contributed by atoms with van der Waals surface area (Å²) in [6.45, 7) is 6.05. The molecule has 19 heavy (non-hydrogen) atoms. The van der Waals surface area contributed by atoms with Crippen molar-refractivity contribution in [3.8, 4) is 0 Å². The topological polar surface area (TPSA) is 36.4 Å². The van der Waals surface area contributed by atoms with Crippen molar-refractivity contribution >= 4 is 5.96 Å². The fourth-order valence-electron chi connectivity index (χ4n) is 1.98. The van der Waals surface area contributed by atoms with Crippen LogP contribution in [0.4, 0.5) is 0 Å². The van der Waals surface area contributed by atoms with E-state index >= 15 is 0 Å². The maximum Gasteiger partial charge on any atom is 0.191 e. The van der Waals surface area contributed by atoms with Crippen LogP contribution < -0.4 is 10.6 Å². The third-order valence-corrected chi connectivity index (χ3v) is 3.36. The number of aliphatic imine (C=N–C) groups is 1. The molecule has 1 aromatic rings. The minimum Gasteiger partial charge on any atom is -0.357 e. The van der Waals surface area contributed by atoms with Gasteiger partial charge in [-0.2, -0.15) is 0 Å². The number of nitrogens with one attached hydrogen (secondary N) is 2. The van der Waals surface area contributed by atoms with Gasteiger partial charge in [-0.15, -0.1) is 0 Å². The second-order valence-electron chi connectivity index (χ2n) is 5.10. The predicted octanol–water partition coefficient (Wildman–Crippen LogP) is 2.51. The number of hydrogen-bond donors (Lipinski definition) is 2. The monoisotopic (exact) mass is 259 g/mol. The van der Waals surface area contributed by atoms with Crippen molar-refractivity contribution in [3.05, 3.63) is 35.4 Å². The molecule has 0 saturated heterocycles. The van der Waals surface area contributed by atoms with Gasteiger partial charge in [-0.3, -0.25) is 4.99 Å². The summed E-state index contributed by atoms with van der Waals surface area (Å²) in [5.74, 6) is 0.968. The second-order valence-corrected chi connectivity index (χ2v) is 5.10. The summed E-state index contributed by atoms with van der Waals surface area (Å²) < 4.78 is 0. The fourth-order valence-corrected chi connectivity index (χ4v) is 1.98. The molecule has 1 aliphatic carbocycles. The van der Waals surface area contributed by atoms with E-state index in [0.717, 1.165) is 31.9 Å². The Morgan fingerprint density at radius 1 is 1.16 bits per heavy atom. The molecule has 0 bridgehead atoms. The van der Waals surface area contributed by atoms with Gasteiger partial charge < -0.3 is 10.6 Å². The van der Waals surface area contributed by atoms with Gasteiger partial charge in [0.1, 0.15) is 0 Å². The molecule has 2 N–H and O–H groups in total. The molecule has 104 valence electrons. The van der Waals surface area contributed by atoms with Gasteiger partial charge in [0.15, 0.2) is 5.96 Å². The Labute approximate surface area is 116 Å². The lowest BCUT2D eigenvalue weighted by atomic mass is 10.1. The molecule has 0 spiro atoms. The summed E-state index contributed by atoms with van der Waals surface area (Å²) >= 11 is 0. The van der Waals surface area contributed by atoms with E-state index in [1.807, 2.05) is 0 Å². The Hall–Kier alpha value is -1.51. The van der Waals surface area contributed by atoms with Gasteiger partial charge in [0, 0.05) is 19.1 Å². The first-order valence-corrected chi connectivity index (χ1v) is 7.44. The number of hydrogen-bond acceptors (Lipinski definition) is 1. The van der Waals surface area contributed by atoms with E-state index in [2.05, 4.69) is 53.7 Å². The molecule has 2 rings (SSSR count). The maximum atomic E-state index is 4.63. The molecular weight excluding hydrogens is 234 g/mol. The van der Waals surface area contributed by atoms with Gasteiger partial charge in [0.25, 0.3) is 0 Å². The number of rotatable bonds is 6. The van der Waals surface area contributed by atoms with E-state index in [1.54, 1.807) is 0 Å². The maximum absolute atomic E-state index is 4.63. The number of guanidine groups is 1. The first kappa shape index (κ1) is 13.9. The van der Waals surface area contributed by atoms with Crippen molar-refractivity contribution in [1.29, 1.82) is 0 Å². The average Bonchev–Trinajstić information content (AvgIpc) is 3.24. The minimum absolute atomic E-state index is 0.654. The highest BCUT2D eigenvalue weighted by Gasteiger charge is 2.21. The predicted molar refractivity (Wildman–Crippen MR) is 81.7 cm³/mol. The Bertz CT molecular complexity index is 405. The quantitative estimate of drug-likeness (QED) is 0.608. The van der Waals surface area contributed by atoms with Gasteiger partial charge in [-0.05, 0) is 43.7 Å². The molecule has 3 heteroatoms. The molecule has 0 heterocycles. The third kappa shape index (κ3) is 4.93. The zero-order chi connectivity index (χ0) is 13.5. The van der Waals surface area contributed by atoms with Crippen molar-refractivity contribution in [3.63, 3.8) is 0 Å². The van der Waals surface area contributed by atoms with E-state index in [0.29, 0.717) is 6.04 Å². The van der Waals surface area contributed by atoms with Crippen LogP contribution in [0.5, 0.6) is 0 Å². The molecule has 0 amide bonds. The Balaban J connectivity index is 1.81. The smallest absolute Gasteiger partial charge is 0.191 e. The van der Waals surface area contributed by atoms with Crippen LogP contribution in [0, 0.1) is 0 Å². The van der Waals surface area contributed by atoms with E-state index in [9.17, 15) is 0 Å². The van der Waals surface area contributed by atoms with Crippen LogP contribution in [0.3, 0.4) is 0 Å². The first-order valence-electron chi connectivity index (χ1n) is 7.44. The lowest BCUT2D eigenvalue weighted by Crippen LogP contribution is -2.38. The Kier molecular flexibility index (Phi) is 5.25. The average molecular weight is 259 g/mol. The van der Waals surface area contributed by atoms with Gasteiger partial charge in [-0.1, -0.05) is 31.2 Å². The van der Waals surface area contributed by atoms with Crippen molar-refractivity contribution < 1.29 is 0 Å². The van der Waals surface area contributed by atoms with Gasteiger partial charge in [0.05, 0.1) is 0 Å². The zero-order valence-corrected chi connectivity index (χ0v) is 12.1. The largest absolute Gasteiger partial charge is 0.357 e. The molecule has 0 aliphatic heterocycles. The Morgan fingerprint density at radius 3 is 2.42 bits per heavy atom. The number of benzene rings is 1. The molecule has 1 saturated carbocycles. The van der Waals surface area contributed by atoms with Crippen LogP contribution in [-0.2, 0) is 12.8 Å². The normalized spacial score (nSPS) is 15.4. The van der Waals surface area contributed by atoms with Crippen molar-refractivity contribution in [2.45, 2.75) is 45.6 Å². The Morgan fingerprint density at radius 2 is 1.84 bits per heavy atom. The summed E-state index contributed by atoms with van der Waals surface area (Å²) in [6.07, 6.45) is 4.67. The molecule has 1 fully saturated rings. The molecule has 0 radical (unpaired) electrons. The van der Waals surface area contributed by atoms with E-state index in [4.69, 9.17) is 0 Å². The summed E-state index contributed by atoms with van der Waals surface area (Å²) in [5.41, 5.74) is 2.76. The highest BCUT2D eigenvalue weighted by atomic mass is 15.2. The van der Waals surface area contributed by atoms with Crippen molar-refractivity contribution in [1.82, 2.24) is 10.6 Å². The van der Waals surface area contributed by atoms with Crippen LogP contribution in [-0.4, -0.2) is 25.1 Å². The van der Waals surface area contributed by atoms with E-state index in [1.165, 1.54) is 24.0 Å². The highest BCUT2D eigenvalue weighted by molar-refractivity contribution is 5.80. The van der Waals surface area contributed by atoms with Crippen molar-refractivity contribution in [2.75, 3.05) is 13.1 Å². The van der Waals surface area contributed by atoms with Crippen molar-refractivity contribution in [2.24, 2.45) is 4.99 Å². The summed E-state index contributed by atoms with van der Waals surface area (Å²) in [7, 11) is 0. The summed E-state index contributed by atoms with van der Waals surface area (Å²) in [5, 5.41) is 6.73. The first-order chi connectivity index (χ1) is 9.31. The molecule has 0 atom stereocenters.